The van der Waals surface area contributed by atoms with Crippen LogP contribution in [-0.2, 0) is 18.8 Å². The van der Waals surface area contributed by atoms with Crippen LogP contribution in [0.1, 0.15) is 20.4 Å². The van der Waals surface area contributed by atoms with Gasteiger partial charge >= 0.3 is 0 Å². The zero-order valence-corrected chi connectivity index (χ0v) is 18.6. The van der Waals surface area contributed by atoms with Crippen LogP contribution in [0.25, 0.3) is 11.4 Å². The molecule has 7 nitrogen and oxygen atoms in total. The van der Waals surface area contributed by atoms with Crippen molar-refractivity contribution in [2.75, 3.05) is 0 Å². The summed E-state index contributed by atoms with van der Waals surface area (Å²) in [6.07, 6.45) is 1.71. The highest BCUT2D eigenvalue weighted by Crippen LogP contribution is 2.28. The van der Waals surface area contributed by atoms with Crippen molar-refractivity contribution in [1.29, 1.82) is 0 Å². The molecule has 162 valence electrons. The van der Waals surface area contributed by atoms with Crippen LogP contribution in [0.15, 0.2) is 72.4 Å². The molecule has 2 aromatic heterocycles. The summed E-state index contributed by atoms with van der Waals surface area (Å²) in [6.45, 7) is 4.63. The maximum atomic E-state index is 14.2. The topological polar surface area (TPSA) is 85.6 Å². The molecule has 0 fully saturated rings. The molecule has 4 rings (SSSR count). The van der Waals surface area contributed by atoms with Crippen LogP contribution < -0.4 is 5.32 Å². The largest absolute Gasteiger partial charge is 0.346 e. The average molecular weight is 467 g/mol. The molecule has 10 heteroatoms. The first-order chi connectivity index (χ1) is 15.7. The lowest BCUT2D eigenvalue weighted by Gasteiger charge is -2.07. The highest BCUT2D eigenvalue weighted by atomic mass is 32.2. The molecule has 0 aliphatic heterocycles. The third-order valence-corrected chi connectivity index (χ3v) is 6.51. The molecular weight excluding hydrogens is 447 g/mol. The van der Waals surface area contributed by atoms with E-state index in [1.165, 1.54) is 29.2 Å². The molecular formula is C22H19FN6OS2. The molecule has 1 N–H and O–H groups in total. The van der Waals surface area contributed by atoms with Crippen molar-refractivity contribution in [3.8, 4) is 11.4 Å². The van der Waals surface area contributed by atoms with Crippen molar-refractivity contribution in [2.45, 2.75) is 24.0 Å². The quantitative estimate of drug-likeness (QED) is 0.292. The van der Waals surface area contributed by atoms with E-state index in [0.29, 0.717) is 45.4 Å². The molecule has 4 aromatic rings. The van der Waals surface area contributed by atoms with Crippen LogP contribution in [0.2, 0.25) is 0 Å². The molecule has 0 atom stereocenters. The van der Waals surface area contributed by atoms with Gasteiger partial charge in [-0.15, -0.1) is 27.0 Å². The predicted octanol–water partition coefficient (Wildman–Crippen LogP) is 4.34. The van der Waals surface area contributed by atoms with Gasteiger partial charge in [0.05, 0.1) is 11.3 Å². The van der Waals surface area contributed by atoms with Crippen molar-refractivity contribution in [1.82, 2.24) is 30.3 Å². The van der Waals surface area contributed by atoms with E-state index in [0.717, 1.165) is 5.56 Å². The first-order valence-corrected chi connectivity index (χ1v) is 11.5. The molecule has 0 radical (unpaired) electrons. The smallest absolute Gasteiger partial charge is 0.282 e. The molecule has 0 aliphatic rings. The number of allylic oxidation sites excluding steroid dienone is 1. The molecule has 1 amide bonds. The molecule has 0 spiro atoms. The van der Waals surface area contributed by atoms with Gasteiger partial charge in [0.1, 0.15) is 10.8 Å². The Labute approximate surface area is 192 Å². The van der Waals surface area contributed by atoms with Crippen LogP contribution in [0.4, 0.5) is 4.39 Å². The standard InChI is InChI=1S/C22H19FN6OS2/c1-2-12-29-19(16-10-6-7-11-17(16)23)26-28-22(29)31-14-18-25-27-21(32-18)20(30)24-13-15-8-4-3-5-9-15/h2-11H,1,12-14H2,(H,24,30). The number of benzene rings is 2. The number of aromatic nitrogens is 5. The monoisotopic (exact) mass is 466 g/mol. The number of rotatable bonds is 9. The number of hydrogen-bond donors (Lipinski definition) is 1. The number of carbonyl (C=O) groups is 1. The fraction of sp³-hybridized carbons (Fsp3) is 0.136. The fourth-order valence-electron chi connectivity index (χ4n) is 2.91. The SMILES string of the molecule is C=CCn1c(SCc2nnc(C(=O)NCc3ccccc3)s2)nnc1-c1ccccc1F. The summed E-state index contributed by atoms with van der Waals surface area (Å²) in [5.41, 5.74) is 1.38. The molecule has 2 aromatic carbocycles. The lowest BCUT2D eigenvalue weighted by molar-refractivity contribution is 0.0950. The second-order valence-corrected chi connectivity index (χ2v) is 8.65. The maximum absolute atomic E-state index is 14.2. The second kappa shape index (κ2) is 10.3. The van der Waals surface area contributed by atoms with Gasteiger partial charge in [0.15, 0.2) is 11.0 Å². The van der Waals surface area contributed by atoms with E-state index in [1.807, 2.05) is 30.3 Å². The Morgan fingerprint density at radius 2 is 1.88 bits per heavy atom. The van der Waals surface area contributed by atoms with E-state index in [2.05, 4.69) is 32.3 Å². The lowest BCUT2D eigenvalue weighted by Crippen LogP contribution is -2.22. The number of thioether (sulfide) groups is 1. The Balaban J connectivity index is 1.42. The highest BCUT2D eigenvalue weighted by Gasteiger charge is 2.18. The van der Waals surface area contributed by atoms with Crippen molar-refractivity contribution in [3.63, 3.8) is 0 Å². The summed E-state index contributed by atoms with van der Waals surface area (Å²) >= 11 is 2.62. The maximum Gasteiger partial charge on any atom is 0.282 e. The van der Waals surface area contributed by atoms with Crippen molar-refractivity contribution in [2.24, 2.45) is 0 Å². The molecule has 0 aliphatic carbocycles. The molecule has 32 heavy (non-hydrogen) atoms. The van der Waals surface area contributed by atoms with E-state index in [9.17, 15) is 9.18 Å². The van der Waals surface area contributed by atoms with Gasteiger partial charge in [-0.05, 0) is 17.7 Å². The summed E-state index contributed by atoms with van der Waals surface area (Å²) in [6, 6.07) is 16.1. The van der Waals surface area contributed by atoms with E-state index < -0.39 is 0 Å². The average Bonchev–Trinajstić information content (AvgIpc) is 3.45. The molecule has 2 heterocycles. The van der Waals surface area contributed by atoms with E-state index in [1.54, 1.807) is 28.8 Å². The van der Waals surface area contributed by atoms with Gasteiger partial charge in [-0.2, -0.15) is 0 Å². The van der Waals surface area contributed by atoms with Gasteiger partial charge < -0.3 is 5.32 Å². The van der Waals surface area contributed by atoms with Gasteiger partial charge in [-0.25, -0.2) is 4.39 Å². The minimum atomic E-state index is -0.364. The lowest BCUT2D eigenvalue weighted by atomic mass is 10.2. The number of nitrogens with one attached hydrogen (secondary N) is 1. The summed E-state index contributed by atoms with van der Waals surface area (Å²) < 4.78 is 16.0. The van der Waals surface area contributed by atoms with Crippen molar-refractivity contribution < 1.29 is 9.18 Å². The number of amides is 1. The van der Waals surface area contributed by atoms with Crippen molar-refractivity contribution >= 4 is 29.0 Å². The molecule has 0 saturated carbocycles. The third-order valence-electron chi connectivity index (χ3n) is 4.43. The Bertz CT molecular complexity index is 1220. The third kappa shape index (κ3) is 5.09. The Hall–Kier alpha value is -3.37. The molecule has 0 unspecified atom stereocenters. The highest BCUT2D eigenvalue weighted by molar-refractivity contribution is 7.98. The van der Waals surface area contributed by atoms with Crippen LogP contribution >= 0.6 is 23.1 Å². The minimum Gasteiger partial charge on any atom is -0.346 e. The Morgan fingerprint density at radius 1 is 1.09 bits per heavy atom. The minimum absolute atomic E-state index is 0.265. The molecule has 0 saturated heterocycles. The Morgan fingerprint density at radius 3 is 2.66 bits per heavy atom. The van der Waals surface area contributed by atoms with Gasteiger partial charge in [0, 0.05) is 13.1 Å². The number of hydrogen-bond acceptors (Lipinski definition) is 7. The van der Waals surface area contributed by atoms with Gasteiger partial charge in [-0.3, -0.25) is 9.36 Å². The number of nitrogens with zero attached hydrogens (tertiary/aromatic N) is 5. The fourth-order valence-corrected chi connectivity index (χ4v) is 4.60. The van der Waals surface area contributed by atoms with Crippen LogP contribution in [0.5, 0.6) is 0 Å². The summed E-state index contributed by atoms with van der Waals surface area (Å²) in [7, 11) is 0. The van der Waals surface area contributed by atoms with Gasteiger partial charge in [0.2, 0.25) is 5.01 Å². The van der Waals surface area contributed by atoms with Crippen LogP contribution in [0.3, 0.4) is 0 Å². The van der Waals surface area contributed by atoms with Crippen LogP contribution in [0, 0.1) is 5.82 Å². The zero-order chi connectivity index (χ0) is 22.3. The van der Waals surface area contributed by atoms with Crippen molar-refractivity contribution in [3.05, 3.63) is 88.6 Å². The normalized spacial score (nSPS) is 10.8. The summed E-state index contributed by atoms with van der Waals surface area (Å²) in [5.74, 6) is 0.260. The summed E-state index contributed by atoms with van der Waals surface area (Å²) in [4.78, 5) is 12.4. The predicted molar refractivity (Wildman–Crippen MR) is 123 cm³/mol. The summed E-state index contributed by atoms with van der Waals surface area (Å²) in [5, 5.41) is 20.9. The first-order valence-electron chi connectivity index (χ1n) is 9.72. The zero-order valence-electron chi connectivity index (χ0n) is 16.9. The number of carbonyl (C=O) groups excluding carboxylic acids is 1. The van der Waals surface area contributed by atoms with E-state index >= 15 is 0 Å². The van der Waals surface area contributed by atoms with Crippen LogP contribution in [-0.4, -0.2) is 30.9 Å². The molecule has 0 bridgehead atoms. The van der Waals surface area contributed by atoms with E-state index in [4.69, 9.17) is 0 Å². The van der Waals surface area contributed by atoms with Gasteiger partial charge in [-0.1, -0.05) is 71.6 Å². The van der Waals surface area contributed by atoms with Gasteiger partial charge in [0.25, 0.3) is 5.91 Å². The first kappa shape index (κ1) is 21.8. The number of halogens is 1. The second-order valence-electron chi connectivity index (χ2n) is 6.64. The van der Waals surface area contributed by atoms with E-state index in [-0.39, 0.29) is 11.7 Å². The Kier molecular flexibility index (Phi) is 7.03.